The molecule has 0 aliphatic rings. The van der Waals surface area contributed by atoms with Gasteiger partial charge in [0.15, 0.2) is 0 Å². The van der Waals surface area contributed by atoms with E-state index in [0.717, 1.165) is 26.5 Å². The lowest BCUT2D eigenvalue weighted by atomic mass is 9.82. The van der Waals surface area contributed by atoms with E-state index in [0.29, 0.717) is 0 Å². The molecule has 0 amide bonds. The summed E-state index contributed by atoms with van der Waals surface area (Å²) in [7, 11) is 0. The second kappa shape index (κ2) is 6.64. The second-order valence-electron chi connectivity index (χ2n) is 5.96. The zero-order valence-electron chi connectivity index (χ0n) is 12.5. The Bertz CT molecular complexity index is 597. The van der Waals surface area contributed by atoms with E-state index in [1.807, 2.05) is 30.3 Å². The standard InChI is InChI=1S/C18H20Br2O/c1-4-18(2,3)14-7-5-12(6-8-14)17(21)13-9-15(19)11-16(20)10-13/h5-11,17,21H,4H2,1-3H3. The number of aliphatic hydroxyl groups excluding tert-OH is 1. The highest BCUT2D eigenvalue weighted by Crippen LogP contribution is 2.31. The molecule has 1 N–H and O–H groups in total. The molecule has 0 saturated heterocycles. The summed E-state index contributed by atoms with van der Waals surface area (Å²) in [6, 6.07) is 14.1. The minimum Gasteiger partial charge on any atom is -0.384 e. The maximum atomic E-state index is 10.5. The largest absolute Gasteiger partial charge is 0.384 e. The van der Waals surface area contributed by atoms with Gasteiger partial charge in [0.25, 0.3) is 0 Å². The Balaban J connectivity index is 2.30. The van der Waals surface area contributed by atoms with Crippen LogP contribution in [0, 0.1) is 0 Å². The molecule has 1 atom stereocenters. The first kappa shape index (κ1) is 16.7. The fraction of sp³-hybridized carbons (Fsp3) is 0.333. The van der Waals surface area contributed by atoms with Gasteiger partial charge in [-0.2, -0.15) is 0 Å². The summed E-state index contributed by atoms with van der Waals surface area (Å²) in [6.07, 6.45) is 0.477. The molecule has 2 aromatic rings. The van der Waals surface area contributed by atoms with E-state index in [4.69, 9.17) is 0 Å². The summed E-state index contributed by atoms with van der Waals surface area (Å²) < 4.78 is 1.91. The number of aliphatic hydroxyl groups is 1. The fourth-order valence-electron chi connectivity index (χ4n) is 2.25. The van der Waals surface area contributed by atoms with Gasteiger partial charge in [0, 0.05) is 8.95 Å². The predicted octanol–water partition coefficient (Wildman–Crippen LogP) is 5.98. The molecule has 21 heavy (non-hydrogen) atoms. The Morgan fingerprint density at radius 1 is 0.952 bits per heavy atom. The molecular formula is C18H20Br2O. The molecule has 2 aromatic carbocycles. The van der Waals surface area contributed by atoms with Crippen molar-refractivity contribution in [3.05, 3.63) is 68.1 Å². The number of halogens is 2. The molecule has 0 spiro atoms. The van der Waals surface area contributed by atoms with Gasteiger partial charge in [-0.25, -0.2) is 0 Å². The average Bonchev–Trinajstić information content (AvgIpc) is 2.45. The summed E-state index contributed by atoms with van der Waals surface area (Å²) in [5, 5.41) is 10.5. The summed E-state index contributed by atoms with van der Waals surface area (Å²) in [5.41, 5.74) is 3.26. The first-order valence-electron chi connectivity index (χ1n) is 7.08. The van der Waals surface area contributed by atoms with Crippen LogP contribution in [0.3, 0.4) is 0 Å². The fourth-order valence-corrected chi connectivity index (χ4v) is 3.58. The SMILES string of the molecule is CCC(C)(C)c1ccc(C(O)c2cc(Br)cc(Br)c2)cc1. The molecule has 1 unspecified atom stereocenters. The van der Waals surface area contributed by atoms with Gasteiger partial charge in [-0.1, -0.05) is 76.9 Å². The van der Waals surface area contributed by atoms with Gasteiger partial charge in [-0.3, -0.25) is 0 Å². The van der Waals surface area contributed by atoms with Crippen LogP contribution < -0.4 is 0 Å². The quantitative estimate of drug-likeness (QED) is 0.655. The maximum Gasteiger partial charge on any atom is 0.104 e. The molecule has 0 saturated carbocycles. The predicted molar refractivity (Wildman–Crippen MR) is 95.7 cm³/mol. The van der Waals surface area contributed by atoms with Crippen LogP contribution >= 0.6 is 31.9 Å². The highest BCUT2D eigenvalue weighted by Gasteiger charge is 2.19. The molecule has 0 fully saturated rings. The molecule has 0 bridgehead atoms. The smallest absolute Gasteiger partial charge is 0.104 e. The van der Waals surface area contributed by atoms with E-state index in [1.54, 1.807) is 0 Å². The van der Waals surface area contributed by atoms with Crippen LogP contribution in [0.25, 0.3) is 0 Å². The Morgan fingerprint density at radius 2 is 1.48 bits per heavy atom. The normalized spacial score (nSPS) is 13.2. The average molecular weight is 412 g/mol. The maximum absolute atomic E-state index is 10.5. The first-order chi connectivity index (χ1) is 9.83. The monoisotopic (exact) mass is 410 g/mol. The Hall–Kier alpha value is -0.640. The number of benzene rings is 2. The number of hydrogen-bond acceptors (Lipinski definition) is 1. The van der Waals surface area contributed by atoms with Crippen molar-refractivity contribution in [2.75, 3.05) is 0 Å². The summed E-state index contributed by atoms with van der Waals surface area (Å²) in [6.45, 7) is 6.68. The molecule has 0 aliphatic carbocycles. The summed E-state index contributed by atoms with van der Waals surface area (Å²) in [5.74, 6) is 0. The molecule has 112 valence electrons. The van der Waals surface area contributed by atoms with Crippen LogP contribution in [-0.4, -0.2) is 5.11 Å². The Morgan fingerprint density at radius 3 is 1.95 bits per heavy atom. The van der Waals surface area contributed by atoms with Gasteiger partial charge in [-0.05, 0) is 46.7 Å². The molecule has 2 rings (SSSR count). The van der Waals surface area contributed by atoms with Gasteiger partial charge in [0.05, 0.1) is 0 Å². The lowest BCUT2D eigenvalue weighted by Crippen LogP contribution is -2.15. The van der Waals surface area contributed by atoms with Gasteiger partial charge < -0.3 is 5.11 Å². The van der Waals surface area contributed by atoms with Crippen molar-refractivity contribution in [2.45, 2.75) is 38.7 Å². The van der Waals surface area contributed by atoms with Crippen LogP contribution in [0.15, 0.2) is 51.4 Å². The van der Waals surface area contributed by atoms with Crippen molar-refractivity contribution >= 4 is 31.9 Å². The van der Waals surface area contributed by atoms with Crippen LogP contribution in [0.5, 0.6) is 0 Å². The van der Waals surface area contributed by atoms with Gasteiger partial charge in [0.2, 0.25) is 0 Å². The zero-order chi connectivity index (χ0) is 15.6. The van der Waals surface area contributed by atoms with E-state index in [1.165, 1.54) is 5.56 Å². The lowest BCUT2D eigenvalue weighted by Gasteiger charge is -2.24. The third-order valence-electron chi connectivity index (χ3n) is 4.09. The van der Waals surface area contributed by atoms with Crippen molar-refractivity contribution in [3.8, 4) is 0 Å². The van der Waals surface area contributed by atoms with E-state index in [9.17, 15) is 5.11 Å². The molecule has 0 heterocycles. The highest BCUT2D eigenvalue weighted by atomic mass is 79.9. The molecule has 0 aliphatic heterocycles. The highest BCUT2D eigenvalue weighted by molar-refractivity contribution is 9.11. The van der Waals surface area contributed by atoms with Crippen molar-refractivity contribution < 1.29 is 5.11 Å². The van der Waals surface area contributed by atoms with E-state index < -0.39 is 6.10 Å². The van der Waals surface area contributed by atoms with Gasteiger partial charge in [0.1, 0.15) is 6.10 Å². The van der Waals surface area contributed by atoms with Crippen LogP contribution in [0.2, 0.25) is 0 Å². The third kappa shape index (κ3) is 3.97. The third-order valence-corrected chi connectivity index (χ3v) is 5.01. The van der Waals surface area contributed by atoms with E-state index in [2.05, 4.69) is 64.8 Å². The van der Waals surface area contributed by atoms with Crippen LogP contribution in [0.1, 0.15) is 50.0 Å². The number of hydrogen-bond donors (Lipinski definition) is 1. The Kier molecular flexibility index (Phi) is 5.29. The minimum atomic E-state index is -0.613. The van der Waals surface area contributed by atoms with Crippen molar-refractivity contribution in [1.82, 2.24) is 0 Å². The van der Waals surface area contributed by atoms with E-state index >= 15 is 0 Å². The van der Waals surface area contributed by atoms with Crippen molar-refractivity contribution in [1.29, 1.82) is 0 Å². The zero-order valence-corrected chi connectivity index (χ0v) is 15.7. The molecule has 1 nitrogen and oxygen atoms in total. The van der Waals surface area contributed by atoms with E-state index in [-0.39, 0.29) is 5.41 Å². The number of rotatable bonds is 4. The second-order valence-corrected chi connectivity index (χ2v) is 7.80. The summed E-state index contributed by atoms with van der Waals surface area (Å²) in [4.78, 5) is 0. The lowest BCUT2D eigenvalue weighted by molar-refractivity contribution is 0.220. The van der Waals surface area contributed by atoms with Gasteiger partial charge in [-0.15, -0.1) is 0 Å². The molecular weight excluding hydrogens is 392 g/mol. The molecule has 0 radical (unpaired) electrons. The first-order valence-corrected chi connectivity index (χ1v) is 8.66. The minimum absolute atomic E-state index is 0.169. The van der Waals surface area contributed by atoms with Crippen LogP contribution in [0.4, 0.5) is 0 Å². The molecule has 0 aromatic heterocycles. The Labute approximate surface area is 143 Å². The summed E-state index contributed by atoms with van der Waals surface area (Å²) >= 11 is 6.92. The van der Waals surface area contributed by atoms with Gasteiger partial charge >= 0.3 is 0 Å². The topological polar surface area (TPSA) is 20.2 Å². The van der Waals surface area contributed by atoms with Crippen LogP contribution in [-0.2, 0) is 5.41 Å². The molecule has 3 heteroatoms. The van der Waals surface area contributed by atoms with Crippen molar-refractivity contribution in [2.24, 2.45) is 0 Å². The van der Waals surface area contributed by atoms with Crippen molar-refractivity contribution in [3.63, 3.8) is 0 Å².